The third kappa shape index (κ3) is 3.99. The molecule has 0 saturated carbocycles. The fourth-order valence-electron chi connectivity index (χ4n) is 2.35. The van der Waals surface area contributed by atoms with Gasteiger partial charge >= 0.3 is 12.1 Å². The SMILES string of the molecule is Cc1cc(CNC(=O)C2CCN(C(=O)C(F)(F)F)CC2)no1. The Kier molecular flexibility index (Phi) is 4.72. The summed E-state index contributed by atoms with van der Waals surface area (Å²) in [6.07, 6.45) is -4.43. The van der Waals surface area contributed by atoms with Gasteiger partial charge in [0.1, 0.15) is 11.5 Å². The molecule has 1 fully saturated rings. The van der Waals surface area contributed by atoms with E-state index in [4.69, 9.17) is 4.52 Å². The Morgan fingerprint density at radius 1 is 1.41 bits per heavy atom. The standard InChI is InChI=1S/C13H16F3N3O3/c1-8-6-10(18-22-8)7-17-11(20)9-2-4-19(5-3-9)12(21)13(14,15)16/h6,9H,2-5,7H2,1H3,(H,17,20). The third-order valence-corrected chi connectivity index (χ3v) is 3.52. The van der Waals surface area contributed by atoms with Crippen molar-refractivity contribution in [3.8, 4) is 0 Å². The number of rotatable bonds is 3. The van der Waals surface area contributed by atoms with Crippen molar-refractivity contribution < 1.29 is 27.3 Å². The molecule has 6 nitrogen and oxygen atoms in total. The minimum Gasteiger partial charge on any atom is -0.361 e. The number of hydrogen-bond donors (Lipinski definition) is 1. The van der Waals surface area contributed by atoms with E-state index < -0.39 is 18.0 Å². The van der Waals surface area contributed by atoms with Crippen molar-refractivity contribution in [3.05, 3.63) is 17.5 Å². The van der Waals surface area contributed by atoms with Gasteiger partial charge in [-0.15, -0.1) is 0 Å². The van der Waals surface area contributed by atoms with Gasteiger partial charge < -0.3 is 14.7 Å². The van der Waals surface area contributed by atoms with Gasteiger partial charge in [0.25, 0.3) is 0 Å². The molecule has 2 rings (SSSR count). The molecule has 0 unspecified atom stereocenters. The average molecular weight is 319 g/mol. The fourth-order valence-corrected chi connectivity index (χ4v) is 2.35. The van der Waals surface area contributed by atoms with Gasteiger partial charge in [0.05, 0.1) is 6.54 Å². The van der Waals surface area contributed by atoms with Crippen LogP contribution in [0.25, 0.3) is 0 Å². The summed E-state index contributed by atoms with van der Waals surface area (Å²) < 4.78 is 41.8. The lowest BCUT2D eigenvalue weighted by Crippen LogP contribution is -2.47. The minimum atomic E-state index is -4.86. The number of carbonyl (C=O) groups is 2. The van der Waals surface area contributed by atoms with Crippen molar-refractivity contribution in [3.63, 3.8) is 0 Å². The van der Waals surface area contributed by atoms with Crippen LogP contribution in [0.15, 0.2) is 10.6 Å². The summed E-state index contributed by atoms with van der Waals surface area (Å²) in [4.78, 5) is 23.8. The number of carbonyl (C=O) groups excluding carboxylic acids is 2. The number of aryl methyl sites for hydroxylation is 1. The first-order valence-electron chi connectivity index (χ1n) is 6.83. The second kappa shape index (κ2) is 6.37. The first-order chi connectivity index (χ1) is 10.3. The van der Waals surface area contributed by atoms with Crippen LogP contribution in [0.3, 0.4) is 0 Å². The van der Waals surface area contributed by atoms with Crippen LogP contribution in [0.2, 0.25) is 0 Å². The Hall–Kier alpha value is -2.06. The van der Waals surface area contributed by atoms with Crippen molar-refractivity contribution >= 4 is 11.8 Å². The van der Waals surface area contributed by atoms with Gasteiger partial charge in [-0.25, -0.2) is 0 Å². The van der Waals surface area contributed by atoms with E-state index in [1.54, 1.807) is 13.0 Å². The quantitative estimate of drug-likeness (QED) is 0.914. The van der Waals surface area contributed by atoms with Crippen LogP contribution in [0.1, 0.15) is 24.3 Å². The van der Waals surface area contributed by atoms with Gasteiger partial charge in [-0.1, -0.05) is 5.16 Å². The summed E-state index contributed by atoms with van der Waals surface area (Å²) in [6, 6.07) is 1.69. The normalized spacial score (nSPS) is 16.6. The van der Waals surface area contributed by atoms with Crippen LogP contribution < -0.4 is 5.32 Å². The molecule has 2 heterocycles. The predicted molar refractivity (Wildman–Crippen MR) is 68.4 cm³/mol. The number of halogens is 3. The van der Waals surface area contributed by atoms with Crippen LogP contribution in [0.5, 0.6) is 0 Å². The van der Waals surface area contributed by atoms with Crippen LogP contribution in [0.4, 0.5) is 13.2 Å². The maximum Gasteiger partial charge on any atom is 0.471 e. The number of nitrogens with one attached hydrogen (secondary N) is 1. The molecule has 1 N–H and O–H groups in total. The third-order valence-electron chi connectivity index (χ3n) is 3.52. The highest BCUT2D eigenvalue weighted by molar-refractivity contribution is 5.83. The van der Waals surface area contributed by atoms with Crippen LogP contribution in [0, 0.1) is 12.8 Å². The molecular formula is C13H16F3N3O3. The summed E-state index contributed by atoms with van der Waals surface area (Å²) >= 11 is 0. The summed E-state index contributed by atoms with van der Waals surface area (Å²) in [5, 5.41) is 6.40. The molecule has 22 heavy (non-hydrogen) atoms. The highest BCUT2D eigenvalue weighted by atomic mass is 19.4. The highest BCUT2D eigenvalue weighted by Crippen LogP contribution is 2.24. The van der Waals surface area contributed by atoms with Gasteiger partial charge in [-0.3, -0.25) is 9.59 Å². The number of aromatic nitrogens is 1. The lowest BCUT2D eigenvalue weighted by molar-refractivity contribution is -0.186. The second-order valence-electron chi connectivity index (χ2n) is 5.21. The summed E-state index contributed by atoms with van der Waals surface area (Å²) in [6.45, 7) is 1.79. The number of nitrogens with zero attached hydrogens (tertiary/aromatic N) is 2. The fraction of sp³-hybridized carbons (Fsp3) is 0.615. The average Bonchev–Trinajstić information content (AvgIpc) is 2.89. The monoisotopic (exact) mass is 319 g/mol. The number of alkyl halides is 3. The molecule has 0 aromatic carbocycles. The lowest BCUT2D eigenvalue weighted by atomic mass is 9.96. The molecule has 1 aliphatic heterocycles. The molecule has 2 amide bonds. The summed E-state index contributed by atoms with van der Waals surface area (Å²) in [5.41, 5.74) is 0.579. The molecule has 0 bridgehead atoms. The van der Waals surface area contributed by atoms with Gasteiger partial charge in [-0.2, -0.15) is 13.2 Å². The van der Waals surface area contributed by atoms with E-state index in [1.807, 2.05) is 0 Å². The van der Waals surface area contributed by atoms with Crippen LogP contribution in [-0.2, 0) is 16.1 Å². The minimum absolute atomic E-state index is 0.0699. The maximum atomic E-state index is 12.3. The molecule has 0 spiro atoms. The molecule has 1 saturated heterocycles. The van der Waals surface area contributed by atoms with Gasteiger partial charge in [0.2, 0.25) is 5.91 Å². The van der Waals surface area contributed by atoms with E-state index in [-0.39, 0.29) is 38.4 Å². The van der Waals surface area contributed by atoms with Crippen molar-refractivity contribution in [2.45, 2.75) is 32.5 Å². The molecule has 9 heteroatoms. The molecule has 1 aromatic rings. The largest absolute Gasteiger partial charge is 0.471 e. The zero-order valence-electron chi connectivity index (χ0n) is 11.9. The van der Waals surface area contributed by atoms with Gasteiger partial charge in [-0.05, 0) is 19.8 Å². The highest BCUT2D eigenvalue weighted by Gasteiger charge is 2.43. The van der Waals surface area contributed by atoms with E-state index >= 15 is 0 Å². The molecule has 122 valence electrons. The van der Waals surface area contributed by atoms with E-state index in [1.165, 1.54) is 0 Å². The first-order valence-corrected chi connectivity index (χ1v) is 6.83. The van der Waals surface area contributed by atoms with E-state index in [0.717, 1.165) is 4.90 Å². The second-order valence-corrected chi connectivity index (χ2v) is 5.21. The summed E-state index contributed by atoms with van der Waals surface area (Å²) in [7, 11) is 0. The summed E-state index contributed by atoms with van der Waals surface area (Å²) in [5.74, 6) is -1.86. The Morgan fingerprint density at radius 3 is 2.55 bits per heavy atom. The van der Waals surface area contributed by atoms with Gasteiger partial charge in [0, 0.05) is 25.1 Å². The smallest absolute Gasteiger partial charge is 0.361 e. The molecular weight excluding hydrogens is 303 g/mol. The predicted octanol–water partition coefficient (Wildman–Crippen LogP) is 1.40. The lowest BCUT2D eigenvalue weighted by Gasteiger charge is -2.31. The van der Waals surface area contributed by atoms with E-state index in [0.29, 0.717) is 11.5 Å². The molecule has 1 aliphatic rings. The Bertz CT molecular complexity index is 548. The molecule has 0 atom stereocenters. The maximum absolute atomic E-state index is 12.3. The molecule has 0 aliphatic carbocycles. The number of amides is 2. The van der Waals surface area contributed by atoms with Crippen LogP contribution in [-0.4, -0.2) is 41.1 Å². The van der Waals surface area contributed by atoms with Crippen LogP contribution >= 0.6 is 0 Å². The Morgan fingerprint density at radius 2 is 2.05 bits per heavy atom. The number of likely N-dealkylation sites (tertiary alicyclic amines) is 1. The molecule has 1 aromatic heterocycles. The van der Waals surface area contributed by atoms with E-state index in [2.05, 4.69) is 10.5 Å². The van der Waals surface area contributed by atoms with Gasteiger partial charge in [0.15, 0.2) is 0 Å². The molecule has 0 radical (unpaired) electrons. The number of hydrogen-bond acceptors (Lipinski definition) is 4. The van der Waals surface area contributed by atoms with Crippen molar-refractivity contribution in [1.82, 2.24) is 15.4 Å². The number of piperidine rings is 1. The van der Waals surface area contributed by atoms with Crippen molar-refractivity contribution in [1.29, 1.82) is 0 Å². The Balaban J connectivity index is 1.79. The van der Waals surface area contributed by atoms with Crippen molar-refractivity contribution in [2.24, 2.45) is 5.92 Å². The van der Waals surface area contributed by atoms with E-state index in [9.17, 15) is 22.8 Å². The van der Waals surface area contributed by atoms with Crippen molar-refractivity contribution in [2.75, 3.05) is 13.1 Å². The topological polar surface area (TPSA) is 75.4 Å². The zero-order valence-corrected chi connectivity index (χ0v) is 11.9. The zero-order chi connectivity index (χ0) is 16.3. The first kappa shape index (κ1) is 16.3. The Labute approximate surface area is 124 Å².